The lowest BCUT2D eigenvalue weighted by molar-refractivity contribution is -0.137. The third-order valence-electron chi connectivity index (χ3n) is 4.70. The van der Waals surface area contributed by atoms with Gasteiger partial charge in [-0.15, -0.1) is 0 Å². The van der Waals surface area contributed by atoms with Crippen molar-refractivity contribution < 1.29 is 32.3 Å². The molecule has 0 atom stereocenters. The molecule has 186 valence electrons. The average molecular weight is 498 g/mol. The van der Waals surface area contributed by atoms with Crippen LogP contribution in [0.1, 0.15) is 16.7 Å². The molecule has 11 heteroatoms. The van der Waals surface area contributed by atoms with E-state index in [0.29, 0.717) is 17.0 Å². The summed E-state index contributed by atoms with van der Waals surface area (Å²) in [6.07, 6.45) is -3.21. The van der Waals surface area contributed by atoms with E-state index in [4.69, 9.17) is 4.74 Å². The number of nitrogens with zero attached hydrogens (tertiary/aromatic N) is 1. The van der Waals surface area contributed by atoms with Gasteiger partial charge >= 0.3 is 18.0 Å². The van der Waals surface area contributed by atoms with Gasteiger partial charge in [0.05, 0.1) is 11.8 Å². The highest BCUT2D eigenvalue weighted by atomic mass is 19.4. The smallest absolute Gasteiger partial charge is 0.416 e. The molecule has 3 aromatic rings. The fourth-order valence-corrected chi connectivity index (χ4v) is 2.88. The first-order valence-corrected chi connectivity index (χ1v) is 10.5. The van der Waals surface area contributed by atoms with Crippen LogP contribution in [-0.4, -0.2) is 30.5 Å². The molecule has 3 aromatic carbocycles. The van der Waals surface area contributed by atoms with Crippen LogP contribution in [-0.2, 0) is 20.6 Å². The van der Waals surface area contributed by atoms with E-state index in [1.165, 1.54) is 30.5 Å². The number of nitrogens with one attached hydrogen (secondary N) is 3. The number of halogens is 3. The minimum absolute atomic E-state index is 0.000355. The number of hydrazone groups is 1. The van der Waals surface area contributed by atoms with E-state index in [1.54, 1.807) is 43.3 Å². The fraction of sp³-hybridized carbons (Fsp3) is 0.120. The molecule has 3 N–H and O–H groups in total. The molecule has 3 rings (SSSR count). The summed E-state index contributed by atoms with van der Waals surface area (Å²) in [5.41, 5.74) is 3.13. The van der Waals surface area contributed by atoms with E-state index in [2.05, 4.69) is 21.2 Å². The van der Waals surface area contributed by atoms with Gasteiger partial charge in [0.2, 0.25) is 0 Å². The number of alkyl halides is 3. The second-order valence-electron chi connectivity index (χ2n) is 7.45. The molecule has 36 heavy (non-hydrogen) atoms. The first-order valence-electron chi connectivity index (χ1n) is 10.5. The lowest BCUT2D eigenvalue weighted by Gasteiger charge is -2.10. The van der Waals surface area contributed by atoms with Crippen LogP contribution >= 0.6 is 0 Å². The maximum atomic E-state index is 12.8. The number of carbonyl (C=O) groups is 3. The molecule has 0 aliphatic carbocycles. The Morgan fingerprint density at radius 1 is 0.917 bits per heavy atom. The summed E-state index contributed by atoms with van der Waals surface area (Å²) in [4.78, 5) is 35.9. The molecule has 0 aromatic heterocycles. The minimum atomic E-state index is -4.52. The largest absolute Gasteiger partial charge is 0.484 e. The molecule has 0 saturated carbocycles. The molecule has 0 bridgehead atoms. The maximum Gasteiger partial charge on any atom is 0.416 e. The zero-order valence-electron chi connectivity index (χ0n) is 18.9. The Kier molecular flexibility index (Phi) is 8.39. The molecule has 0 saturated heterocycles. The lowest BCUT2D eigenvalue weighted by atomic mass is 10.2. The van der Waals surface area contributed by atoms with Crippen LogP contribution in [0.15, 0.2) is 77.9 Å². The van der Waals surface area contributed by atoms with Crippen molar-refractivity contribution in [3.05, 3.63) is 89.5 Å². The summed E-state index contributed by atoms with van der Waals surface area (Å²) < 4.78 is 43.6. The van der Waals surface area contributed by atoms with Gasteiger partial charge in [-0.05, 0) is 66.6 Å². The minimum Gasteiger partial charge on any atom is -0.484 e. The Morgan fingerprint density at radius 2 is 1.64 bits per heavy atom. The summed E-state index contributed by atoms with van der Waals surface area (Å²) >= 11 is 0. The van der Waals surface area contributed by atoms with Gasteiger partial charge in [0, 0.05) is 11.4 Å². The number of aryl methyl sites for hydroxylation is 1. The summed E-state index contributed by atoms with van der Waals surface area (Å²) in [5, 5.41) is 8.56. The van der Waals surface area contributed by atoms with E-state index in [0.717, 1.165) is 17.7 Å². The Morgan fingerprint density at radius 3 is 2.33 bits per heavy atom. The van der Waals surface area contributed by atoms with Gasteiger partial charge in [-0.3, -0.25) is 14.4 Å². The standard InChI is InChI=1S/C25H21F3N4O4/c1-16-5-2-3-8-21(16)31-23(34)24(35)32-29-14-17-9-11-20(12-10-17)36-15-22(33)30-19-7-4-6-18(13-19)25(26,27)28/h2-14H,15H2,1H3,(H,30,33)(H,31,34)(H,32,35)/b29-14-. The van der Waals surface area contributed by atoms with E-state index in [-0.39, 0.29) is 5.69 Å². The Bertz CT molecular complexity index is 1270. The summed E-state index contributed by atoms with van der Waals surface area (Å²) in [6, 6.07) is 17.5. The molecule has 0 aliphatic rings. The normalized spacial score (nSPS) is 11.1. The number of anilines is 2. The SMILES string of the molecule is Cc1ccccc1NC(=O)C(=O)N/N=C\c1ccc(OCC(=O)Nc2cccc(C(F)(F)F)c2)cc1. The number of para-hydroxylation sites is 1. The number of amides is 3. The molecule has 8 nitrogen and oxygen atoms in total. The van der Waals surface area contributed by atoms with Crippen LogP contribution < -0.4 is 20.8 Å². The van der Waals surface area contributed by atoms with Crippen molar-refractivity contribution in [3.63, 3.8) is 0 Å². The summed E-state index contributed by atoms with van der Waals surface area (Å²) in [7, 11) is 0. The van der Waals surface area contributed by atoms with Crippen molar-refractivity contribution in [3.8, 4) is 5.75 Å². The molecule has 0 heterocycles. The molecular formula is C25H21F3N4O4. The van der Waals surface area contributed by atoms with Gasteiger partial charge in [0.1, 0.15) is 5.75 Å². The highest BCUT2D eigenvalue weighted by Gasteiger charge is 2.30. The second-order valence-corrected chi connectivity index (χ2v) is 7.45. The summed E-state index contributed by atoms with van der Waals surface area (Å²) in [5.74, 6) is -2.12. The van der Waals surface area contributed by atoms with Gasteiger partial charge < -0.3 is 15.4 Å². The van der Waals surface area contributed by atoms with E-state index in [9.17, 15) is 27.6 Å². The zero-order valence-corrected chi connectivity index (χ0v) is 18.9. The number of hydrogen-bond donors (Lipinski definition) is 3. The van der Waals surface area contributed by atoms with E-state index < -0.39 is 36.1 Å². The van der Waals surface area contributed by atoms with Gasteiger partial charge in [0.15, 0.2) is 6.61 Å². The van der Waals surface area contributed by atoms with Crippen molar-refractivity contribution in [1.82, 2.24) is 5.43 Å². The third-order valence-corrected chi connectivity index (χ3v) is 4.70. The third kappa shape index (κ3) is 7.69. The molecule has 0 spiro atoms. The Hall–Kier alpha value is -4.67. The van der Waals surface area contributed by atoms with Crippen molar-refractivity contribution in [2.24, 2.45) is 5.10 Å². The number of hydrogen-bond acceptors (Lipinski definition) is 5. The van der Waals surface area contributed by atoms with Gasteiger partial charge in [-0.1, -0.05) is 24.3 Å². The van der Waals surface area contributed by atoms with Crippen molar-refractivity contribution in [2.75, 3.05) is 17.2 Å². The van der Waals surface area contributed by atoms with Crippen molar-refractivity contribution >= 4 is 35.3 Å². The molecule has 0 radical (unpaired) electrons. The zero-order chi connectivity index (χ0) is 26.1. The Labute approximate surface area is 204 Å². The fourth-order valence-electron chi connectivity index (χ4n) is 2.88. The van der Waals surface area contributed by atoms with Crippen LogP contribution in [0.5, 0.6) is 5.75 Å². The van der Waals surface area contributed by atoms with Crippen LogP contribution in [0.2, 0.25) is 0 Å². The van der Waals surface area contributed by atoms with E-state index in [1.807, 2.05) is 0 Å². The number of ether oxygens (including phenoxy) is 1. The molecule has 0 fully saturated rings. The number of rotatable bonds is 7. The van der Waals surface area contributed by atoms with Crippen LogP contribution in [0.4, 0.5) is 24.5 Å². The monoisotopic (exact) mass is 498 g/mol. The molecule has 3 amide bonds. The number of carbonyl (C=O) groups excluding carboxylic acids is 3. The Balaban J connectivity index is 1.45. The van der Waals surface area contributed by atoms with Crippen molar-refractivity contribution in [2.45, 2.75) is 13.1 Å². The van der Waals surface area contributed by atoms with Gasteiger partial charge in [-0.25, -0.2) is 5.43 Å². The van der Waals surface area contributed by atoms with E-state index >= 15 is 0 Å². The van der Waals surface area contributed by atoms with Crippen molar-refractivity contribution in [1.29, 1.82) is 0 Å². The lowest BCUT2D eigenvalue weighted by Crippen LogP contribution is -2.32. The van der Waals surface area contributed by atoms with Gasteiger partial charge in [-0.2, -0.15) is 18.3 Å². The van der Waals surface area contributed by atoms with Crippen LogP contribution in [0, 0.1) is 6.92 Å². The van der Waals surface area contributed by atoms with Crippen LogP contribution in [0.3, 0.4) is 0 Å². The predicted molar refractivity (Wildman–Crippen MR) is 128 cm³/mol. The average Bonchev–Trinajstić information content (AvgIpc) is 2.84. The quantitative estimate of drug-likeness (QED) is 0.259. The maximum absolute atomic E-state index is 12.8. The van der Waals surface area contributed by atoms with Crippen LogP contribution in [0.25, 0.3) is 0 Å². The summed E-state index contributed by atoms with van der Waals surface area (Å²) in [6.45, 7) is 1.37. The first kappa shape index (κ1) is 25.9. The predicted octanol–water partition coefficient (Wildman–Crippen LogP) is 4.12. The van der Waals surface area contributed by atoms with Gasteiger partial charge in [0.25, 0.3) is 5.91 Å². The topological polar surface area (TPSA) is 109 Å². The first-order chi connectivity index (χ1) is 17.1. The highest BCUT2D eigenvalue weighted by Crippen LogP contribution is 2.30. The molecular weight excluding hydrogens is 477 g/mol. The highest BCUT2D eigenvalue weighted by molar-refractivity contribution is 6.39. The molecule has 0 unspecified atom stereocenters. The number of benzene rings is 3. The molecule has 0 aliphatic heterocycles. The second kappa shape index (κ2) is 11.6.